The molecule has 3 heterocycles. The van der Waals surface area contributed by atoms with Crippen LogP contribution in [0.1, 0.15) is 6.42 Å². The smallest absolute Gasteiger partial charge is 0.229 e. The average Bonchev–Trinajstić information content (AvgIpc) is 3.08. The molecule has 6 heteroatoms. The highest BCUT2D eigenvalue weighted by molar-refractivity contribution is 7.80. The summed E-state index contributed by atoms with van der Waals surface area (Å²) < 4.78 is 5.29. The van der Waals surface area contributed by atoms with E-state index in [-0.39, 0.29) is 5.91 Å². The Morgan fingerprint density at radius 3 is 3.17 bits per heavy atom. The summed E-state index contributed by atoms with van der Waals surface area (Å²) in [6, 6.07) is 3.69. The number of carbonyl (C=O) groups excluding carboxylic acids is 1. The molecule has 18 heavy (non-hydrogen) atoms. The molecular weight excluding hydrogens is 268 g/mol. The zero-order chi connectivity index (χ0) is 12.5. The molecule has 1 fully saturated rings. The minimum Gasteiger partial charge on any atom is -0.463 e. The highest BCUT2D eigenvalue weighted by Crippen LogP contribution is 2.31. The van der Waals surface area contributed by atoms with E-state index in [4.69, 9.17) is 4.42 Å². The minimum absolute atomic E-state index is 0.134. The zero-order valence-electron chi connectivity index (χ0n) is 9.57. The van der Waals surface area contributed by atoms with Crippen LogP contribution in [0.3, 0.4) is 0 Å². The van der Waals surface area contributed by atoms with E-state index in [1.807, 2.05) is 17.5 Å². The molecule has 0 bridgehead atoms. The van der Waals surface area contributed by atoms with E-state index in [0.29, 0.717) is 18.9 Å². The lowest BCUT2D eigenvalue weighted by molar-refractivity contribution is -0.117. The lowest BCUT2D eigenvalue weighted by atomic mass is 10.1. The number of anilines is 1. The Morgan fingerprint density at radius 2 is 2.50 bits per heavy atom. The molecule has 1 saturated heterocycles. The predicted molar refractivity (Wildman–Crippen MR) is 74.1 cm³/mol. The fourth-order valence-electron chi connectivity index (χ4n) is 2.01. The van der Waals surface area contributed by atoms with Gasteiger partial charge in [0.15, 0.2) is 10.9 Å². The Hall–Kier alpha value is -1.27. The molecule has 1 aliphatic rings. The van der Waals surface area contributed by atoms with E-state index in [1.54, 1.807) is 11.2 Å². The molecule has 0 aliphatic carbocycles. The Bertz CT molecular complexity index is 550. The van der Waals surface area contributed by atoms with E-state index >= 15 is 0 Å². The lowest BCUT2D eigenvalue weighted by Crippen LogP contribution is -2.24. The third-order valence-electron chi connectivity index (χ3n) is 2.96. The molecule has 0 saturated carbocycles. The molecule has 1 amide bonds. The van der Waals surface area contributed by atoms with Crippen LogP contribution in [0.5, 0.6) is 0 Å². The fourth-order valence-corrected chi connectivity index (χ4v) is 3.10. The van der Waals surface area contributed by atoms with Crippen LogP contribution in [0.4, 0.5) is 5.13 Å². The largest absolute Gasteiger partial charge is 0.463 e. The van der Waals surface area contributed by atoms with Crippen LogP contribution in [0, 0.1) is 5.92 Å². The van der Waals surface area contributed by atoms with Crippen LogP contribution in [0.2, 0.25) is 0 Å². The Kier molecular flexibility index (Phi) is 3.13. The standard InChI is InChI=1S/C12H12N2O2S2/c15-11-4-8(6-17)5-14(11)12-13-9(7-18-12)10-2-1-3-16-10/h1-3,7-8,17H,4-6H2. The first-order valence-electron chi connectivity index (χ1n) is 5.68. The van der Waals surface area contributed by atoms with Gasteiger partial charge in [0.1, 0.15) is 5.69 Å². The second kappa shape index (κ2) is 4.78. The maximum Gasteiger partial charge on any atom is 0.229 e. The number of carbonyl (C=O) groups is 1. The number of nitrogens with zero attached hydrogens (tertiary/aromatic N) is 2. The monoisotopic (exact) mass is 280 g/mol. The average molecular weight is 280 g/mol. The van der Waals surface area contributed by atoms with Gasteiger partial charge < -0.3 is 4.42 Å². The van der Waals surface area contributed by atoms with E-state index in [0.717, 1.165) is 22.3 Å². The maximum absolute atomic E-state index is 11.9. The van der Waals surface area contributed by atoms with Gasteiger partial charge in [0, 0.05) is 18.3 Å². The molecule has 0 N–H and O–H groups in total. The number of hydrogen-bond donors (Lipinski definition) is 1. The number of hydrogen-bond acceptors (Lipinski definition) is 5. The molecule has 2 aromatic heterocycles. The molecule has 0 aromatic carbocycles. The van der Waals surface area contributed by atoms with Crippen molar-refractivity contribution in [2.24, 2.45) is 5.92 Å². The topological polar surface area (TPSA) is 46.3 Å². The van der Waals surface area contributed by atoms with Crippen LogP contribution in [0.25, 0.3) is 11.5 Å². The van der Waals surface area contributed by atoms with Gasteiger partial charge in [0.2, 0.25) is 5.91 Å². The summed E-state index contributed by atoms with van der Waals surface area (Å²) in [6.07, 6.45) is 2.19. The number of thiazole rings is 1. The number of amides is 1. The van der Waals surface area contributed by atoms with Gasteiger partial charge in [-0.1, -0.05) is 0 Å². The van der Waals surface area contributed by atoms with Crippen LogP contribution in [0.15, 0.2) is 28.2 Å². The summed E-state index contributed by atoms with van der Waals surface area (Å²) in [5.41, 5.74) is 0.780. The highest BCUT2D eigenvalue weighted by Gasteiger charge is 2.31. The first-order chi connectivity index (χ1) is 8.78. The van der Waals surface area contributed by atoms with Gasteiger partial charge in [-0.2, -0.15) is 12.6 Å². The van der Waals surface area contributed by atoms with Gasteiger partial charge in [0.25, 0.3) is 0 Å². The van der Waals surface area contributed by atoms with Crippen molar-refractivity contribution in [3.05, 3.63) is 23.8 Å². The van der Waals surface area contributed by atoms with Crippen LogP contribution in [-0.4, -0.2) is 23.2 Å². The predicted octanol–water partition coefficient (Wildman–Crippen LogP) is 2.69. The maximum atomic E-state index is 11.9. The highest BCUT2D eigenvalue weighted by atomic mass is 32.1. The van der Waals surface area contributed by atoms with Crippen molar-refractivity contribution >= 4 is 35.0 Å². The minimum atomic E-state index is 0.134. The van der Waals surface area contributed by atoms with Gasteiger partial charge >= 0.3 is 0 Å². The van der Waals surface area contributed by atoms with Crippen molar-refractivity contribution in [2.75, 3.05) is 17.2 Å². The van der Waals surface area contributed by atoms with Gasteiger partial charge in [-0.15, -0.1) is 11.3 Å². The number of rotatable bonds is 3. The van der Waals surface area contributed by atoms with Crippen molar-refractivity contribution in [1.82, 2.24) is 4.98 Å². The molecule has 3 rings (SSSR count). The zero-order valence-corrected chi connectivity index (χ0v) is 11.3. The summed E-state index contributed by atoms with van der Waals surface area (Å²) in [4.78, 5) is 18.1. The Balaban J connectivity index is 1.84. The second-order valence-electron chi connectivity index (χ2n) is 4.25. The molecule has 1 unspecified atom stereocenters. The van der Waals surface area contributed by atoms with Crippen LogP contribution >= 0.6 is 24.0 Å². The summed E-state index contributed by atoms with van der Waals surface area (Å²) in [6.45, 7) is 0.716. The SMILES string of the molecule is O=C1CC(CS)CN1c1nc(-c2ccco2)cs1. The summed E-state index contributed by atoms with van der Waals surface area (Å²) in [5, 5.41) is 2.66. The molecular formula is C12H12N2O2S2. The van der Waals surface area contributed by atoms with E-state index in [1.165, 1.54) is 11.3 Å². The van der Waals surface area contributed by atoms with E-state index in [2.05, 4.69) is 17.6 Å². The molecule has 1 aliphatic heterocycles. The second-order valence-corrected chi connectivity index (χ2v) is 5.45. The first-order valence-corrected chi connectivity index (χ1v) is 7.20. The number of aromatic nitrogens is 1. The van der Waals surface area contributed by atoms with Crippen molar-refractivity contribution < 1.29 is 9.21 Å². The molecule has 94 valence electrons. The molecule has 1 atom stereocenters. The Morgan fingerprint density at radius 1 is 1.61 bits per heavy atom. The van der Waals surface area contributed by atoms with Gasteiger partial charge in [-0.3, -0.25) is 9.69 Å². The molecule has 4 nitrogen and oxygen atoms in total. The van der Waals surface area contributed by atoms with Gasteiger partial charge in [-0.05, 0) is 23.8 Å². The van der Waals surface area contributed by atoms with Crippen molar-refractivity contribution in [3.8, 4) is 11.5 Å². The third-order valence-corrected chi connectivity index (χ3v) is 4.34. The van der Waals surface area contributed by atoms with E-state index in [9.17, 15) is 4.79 Å². The van der Waals surface area contributed by atoms with Crippen molar-refractivity contribution in [1.29, 1.82) is 0 Å². The quantitative estimate of drug-likeness (QED) is 0.879. The summed E-state index contributed by atoms with van der Waals surface area (Å²) in [7, 11) is 0. The number of thiol groups is 1. The Labute approximate surface area is 114 Å². The lowest BCUT2D eigenvalue weighted by Gasteiger charge is -2.11. The number of furan rings is 1. The van der Waals surface area contributed by atoms with Crippen molar-refractivity contribution in [2.45, 2.75) is 6.42 Å². The van der Waals surface area contributed by atoms with Crippen LogP contribution in [-0.2, 0) is 4.79 Å². The normalized spacial score (nSPS) is 19.7. The molecule has 0 spiro atoms. The summed E-state index contributed by atoms with van der Waals surface area (Å²) >= 11 is 5.72. The molecule has 0 radical (unpaired) electrons. The van der Waals surface area contributed by atoms with Gasteiger partial charge in [0.05, 0.1) is 6.26 Å². The first kappa shape index (κ1) is 11.8. The third kappa shape index (κ3) is 2.06. The van der Waals surface area contributed by atoms with Gasteiger partial charge in [-0.25, -0.2) is 4.98 Å². The van der Waals surface area contributed by atoms with Crippen molar-refractivity contribution in [3.63, 3.8) is 0 Å². The fraction of sp³-hybridized carbons (Fsp3) is 0.333. The molecule has 2 aromatic rings. The van der Waals surface area contributed by atoms with Crippen LogP contribution < -0.4 is 4.90 Å². The van der Waals surface area contributed by atoms with E-state index < -0.39 is 0 Å². The summed E-state index contributed by atoms with van der Waals surface area (Å²) in [5.74, 6) is 1.93.